The first-order valence-electron chi connectivity index (χ1n) is 9.28. The minimum absolute atomic E-state index is 0.207. The second-order valence-electron chi connectivity index (χ2n) is 7.23. The SMILES string of the molecule is CC(C)(C(=O)NCCC1=CCCCC1)C(=O)NCCc1ccccc1. The van der Waals surface area contributed by atoms with E-state index in [1.807, 2.05) is 30.3 Å². The van der Waals surface area contributed by atoms with Gasteiger partial charge in [0, 0.05) is 13.1 Å². The Morgan fingerprint density at radius 1 is 0.960 bits per heavy atom. The van der Waals surface area contributed by atoms with Crippen molar-refractivity contribution in [3.8, 4) is 0 Å². The van der Waals surface area contributed by atoms with Gasteiger partial charge in [-0.1, -0.05) is 42.0 Å². The summed E-state index contributed by atoms with van der Waals surface area (Å²) < 4.78 is 0. The Bertz CT molecular complexity index is 606. The smallest absolute Gasteiger partial charge is 0.235 e. The van der Waals surface area contributed by atoms with Crippen LogP contribution in [-0.2, 0) is 16.0 Å². The standard InChI is InChI=1S/C21H30N2O2/c1-21(2,19(24)22-15-13-17-9-5-3-6-10-17)20(25)23-16-14-18-11-7-4-8-12-18/h3,5-6,9-11H,4,7-8,12-16H2,1-2H3,(H,22,24)(H,23,25). The van der Waals surface area contributed by atoms with Gasteiger partial charge < -0.3 is 10.6 Å². The Kier molecular flexibility index (Phi) is 7.23. The van der Waals surface area contributed by atoms with Gasteiger partial charge in [0.05, 0.1) is 0 Å². The summed E-state index contributed by atoms with van der Waals surface area (Å²) in [5, 5.41) is 5.80. The fourth-order valence-corrected chi connectivity index (χ4v) is 2.98. The van der Waals surface area contributed by atoms with Gasteiger partial charge in [-0.3, -0.25) is 9.59 Å². The predicted molar refractivity (Wildman–Crippen MR) is 101 cm³/mol. The summed E-state index contributed by atoms with van der Waals surface area (Å²) in [4.78, 5) is 24.8. The maximum atomic E-state index is 12.4. The van der Waals surface area contributed by atoms with Crippen LogP contribution in [0.25, 0.3) is 0 Å². The Hall–Kier alpha value is -2.10. The third-order valence-electron chi connectivity index (χ3n) is 4.79. The average Bonchev–Trinajstić information content (AvgIpc) is 2.63. The molecule has 1 aromatic carbocycles. The molecule has 0 aliphatic heterocycles. The molecule has 25 heavy (non-hydrogen) atoms. The molecule has 0 radical (unpaired) electrons. The van der Waals surface area contributed by atoms with E-state index in [4.69, 9.17) is 0 Å². The number of hydrogen-bond donors (Lipinski definition) is 2. The summed E-state index contributed by atoms with van der Waals surface area (Å²) in [6.07, 6.45) is 8.74. The van der Waals surface area contributed by atoms with E-state index in [-0.39, 0.29) is 11.8 Å². The monoisotopic (exact) mass is 342 g/mol. The molecule has 0 saturated carbocycles. The van der Waals surface area contributed by atoms with Crippen LogP contribution in [0.5, 0.6) is 0 Å². The van der Waals surface area contributed by atoms with Crippen LogP contribution < -0.4 is 10.6 Å². The molecule has 1 aromatic rings. The molecule has 0 bridgehead atoms. The zero-order valence-electron chi connectivity index (χ0n) is 15.4. The highest BCUT2D eigenvalue weighted by Crippen LogP contribution is 2.20. The van der Waals surface area contributed by atoms with E-state index in [9.17, 15) is 9.59 Å². The lowest BCUT2D eigenvalue weighted by molar-refractivity contribution is -0.141. The lowest BCUT2D eigenvalue weighted by atomic mass is 9.90. The Morgan fingerprint density at radius 3 is 2.20 bits per heavy atom. The topological polar surface area (TPSA) is 58.2 Å². The molecule has 0 aromatic heterocycles. The molecule has 0 atom stereocenters. The lowest BCUT2D eigenvalue weighted by Gasteiger charge is -2.23. The summed E-state index contributed by atoms with van der Waals surface area (Å²) in [6, 6.07) is 10.00. The van der Waals surface area contributed by atoms with Gasteiger partial charge in [0.25, 0.3) is 0 Å². The molecule has 4 nitrogen and oxygen atoms in total. The molecular weight excluding hydrogens is 312 g/mol. The lowest BCUT2D eigenvalue weighted by Crippen LogP contribution is -2.48. The third-order valence-corrected chi connectivity index (χ3v) is 4.79. The minimum atomic E-state index is -1.06. The van der Waals surface area contributed by atoms with E-state index in [2.05, 4.69) is 16.7 Å². The molecule has 0 saturated heterocycles. The van der Waals surface area contributed by atoms with Crippen molar-refractivity contribution >= 4 is 11.8 Å². The molecule has 4 heteroatoms. The van der Waals surface area contributed by atoms with Crippen LogP contribution in [0.15, 0.2) is 42.0 Å². The maximum absolute atomic E-state index is 12.4. The van der Waals surface area contributed by atoms with E-state index in [0.717, 1.165) is 25.7 Å². The van der Waals surface area contributed by atoms with Gasteiger partial charge in [-0.2, -0.15) is 0 Å². The molecule has 2 N–H and O–H groups in total. The normalized spacial score (nSPS) is 14.6. The number of allylic oxidation sites excluding steroid dienone is 1. The number of carbonyl (C=O) groups excluding carboxylic acids is 2. The van der Waals surface area contributed by atoms with Crippen molar-refractivity contribution in [2.75, 3.05) is 13.1 Å². The number of hydrogen-bond acceptors (Lipinski definition) is 2. The van der Waals surface area contributed by atoms with Crippen LogP contribution in [0.2, 0.25) is 0 Å². The number of carbonyl (C=O) groups is 2. The number of rotatable bonds is 8. The highest BCUT2D eigenvalue weighted by molar-refractivity contribution is 6.04. The molecule has 0 heterocycles. The van der Waals surface area contributed by atoms with Crippen LogP contribution in [0.1, 0.15) is 51.5 Å². The summed E-state index contributed by atoms with van der Waals surface area (Å²) >= 11 is 0. The molecule has 0 spiro atoms. The highest BCUT2D eigenvalue weighted by Gasteiger charge is 2.35. The minimum Gasteiger partial charge on any atom is -0.355 e. The van der Waals surface area contributed by atoms with Crippen molar-refractivity contribution in [3.05, 3.63) is 47.5 Å². The van der Waals surface area contributed by atoms with Crippen LogP contribution in [0.4, 0.5) is 0 Å². The molecule has 2 rings (SSSR count). The second-order valence-corrected chi connectivity index (χ2v) is 7.23. The summed E-state index contributed by atoms with van der Waals surface area (Å²) in [6.45, 7) is 4.50. The first kappa shape index (κ1) is 19.2. The molecule has 0 unspecified atom stereocenters. The van der Waals surface area contributed by atoms with Gasteiger partial charge in [-0.05, 0) is 57.9 Å². The second kappa shape index (κ2) is 9.40. The molecule has 1 aliphatic rings. The van der Waals surface area contributed by atoms with Crippen molar-refractivity contribution < 1.29 is 9.59 Å². The van der Waals surface area contributed by atoms with E-state index in [1.54, 1.807) is 13.8 Å². The van der Waals surface area contributed by atoms with E-state index in [0.29, 0.717) is 13.1 Å². The molecule has 2 amide bonds. The average molecular weight is 342 g/mol. The zero-order chi connectivity index (χ0) is 18.1. The van der Waals surface area contributed by atoms with E-state index >= 15 is 0 Å². The Labute approximate surface area is 151 Å². The van der Waals surface area contributed by atoms with Gasteiger partial charge in [-0.15, -0.1) is 0 Å². The van der Waals surface area contributed by atoms with Crippen LogP contribution >= 0.6 is 0 Å². The van der Waals surface area contributed by atoms with Crippen LogP contribution in [0, 0.1) is 5.41 Å². The fourth-order valence-electron chi connectivity index (χ4n) is 2.98. The molecule has 136 valence electrons. The number of amides is 2. The first-order chi connectivity index (χ1) is 12.0. The quantitative estimate of drug-likeness (QED) is 0.562. The summed E-state index contributed by atoms with van der Waals surface area (Å²) in [5.41, 5.74) is 1.54. The van der Waals surface area contributed by atoms with Crippen molar-refractivity contribution in [1.82, 2.24) is 10.6 Å². The van der Waals surface area contributed by atoms with Crippen molar-refractivity contribution in [2.24, 2.45) is 5.41 Å². The highest BCUT2D eigenvalue weighted by atomic mass is 16.2. The number of benzene rings is 1. The fraction of sp³-hybridized carbons (Fsp3) is 0.524. The third kappa shape index (κ3) is 6.04. The van der Waals surface area contributed by atoms with Crippen LogP contribution in [-0.4, -0.2) is 24.9 Å². The summed E-state index contributed by atoms with van der Waals surface area (Å²) in [7, 11) is 0. The largest absolute Gasteiger partial charge is 0.355 e. The predicted octanol–water partition coefficient (Wildman–Crippen LogP) is 3.38. The van der Waals surface area contributed by atoms with Gasteiger partial charge in [0.1, 0.15) is 5.41 Å². The Balaban J connectivity index is 1.72. The molecular formula is C21H30N2O2. The van der Waals surface area contributed by atoms with Crippen molar-refractivity contribution in [2.45, 2.75) is 52.4 Å². The zero-order valence-corrected chi connectivity index (χ0v) is 15.4. The van der Waals surface area contributed by atoms with Crippen LogP contribution in [0.3, 0.4) is 0 Å². The Morgan fingerprint density at radius 2 is 1.60 bits per heavy atom. The first-order valence-corrected chi connectivity index (χ1v) is 9.28. The van der Waals surface area contributed by atoms with Gasteiger partial charge in [-0.25, -0.2) is 0 Å². The van der Waals surface area contributed by atoms with Gasteiger partial charge in [0.15, 0.2) is 0 Å². The molecule has 1 aliphatic carbocycles. The van der Waals surface area contributed by atoms with E-state index in [1.165, 1.54) is 24.0 Å². The van der Waals surface area contributed by atoms with Gasteiger partial charge >= 0.3 is 0 Å². The number of nitrogens with one attached hydrogen (secondary N) is 2. The van der Waals surface area contributed by atoms with Crippen molar-refractivity contribution in [1.29, 1.82) is 0 Å². The molecule has 0 fully saturated rings. The maximum Gasteiger partial charge on any atom is 0.235 e. The summed E-state index contributed by atoms with van der Waals surface area (Å²) in [5.74, 6) is -0.432. The van der Waals surface area contributed by atoms with E-state index < -0.39 is 5.41 Å². The van der Waals surface area contributed by atoms with Gasteiger partial charge in [0.2, 0.25) is 11.8 Å². The van der Waals surface area contributed by atoms with Crippen molar-refractivity contribution in [3.63, 3.8) is 0 Å².